The van der Waals surface area contributed by atoms with Crippen molar-refractivity contribution < 1.29 is 0 Å². The SMILES string of the molecule is C=CC1=C(N)N(C(C)C)CCN1C. The van der Waals surface area contributed by atoms with Gasteiger partial charge in [0.2, 0.25) is 0 Å². The van der Waals surface area contributed by atoms with Crippen LogP contribution in [-0.4, -0.2) is 36.0 Å². The quantitative estimate of drug-likeness (QED) is 0.688. The smallest absolute Gasteiger partial charge is 0.123 e. The maximum atomic E-state index is 6.02. The highest BCUT2D eigenvalue weighted by Gasteiger charge is 2.20. The number of nitrogens with two attached hydrogens (primary N) is 1. The van der Waals surface area contributed by atoms with Gasteiger partial charge in [-0.25, -0.2) is 0 Å². The Hall–Kier alpha value is -1.12. The van der Waals surface area contributed by atoms with Gasteiger partial charge >= 0.3 is 0 Å². The van der Waals surface area contributed by atoms with Gasteiger partial charge in [-0.2, -0.15) is 0 Å². The first-order chi connectivity index (χ1) is 6.07. The first-order valence-electron chi connectivity index (χ1n) is 4.68. The molecule has 0 radical (unpaired) electrons. The van der Waals surface area contributed by atoms with Crippen LogP contribution in [0.2, 0.25) is 0 Å². The van der Waals surface area contributed by atoms with E-state index in [-0.39, 0.29) is 0 Å². The van der Waals surface area contributed by atoms with E-state index in [1.165, 1.54) is 0 Å². The Balaban J connectivity index is 2.95. The largest absolute Gasteiger partial charge is 0.384 e. The number of rotatable bonds is 2. The molecule has 1 aliphatic heterocycles. The van der Waals surface area contributed by atoms with Crippen molar-refractivity contribution in [2.24, 2.45) is 5.73 Å². The zero-order chi connectivity index (χ0) is 10.0. The van der Waals surface area contributed by atoms with Gasteiger partial charge in [0.1, 0.15) is 5.82 Å². The molecule has 1 rings (SSSR count). The molecule has 0 bridgehead atoms. The number of likely N-dealkylation sites (N-methyl/N-ethyl adjacent to an activating group) is 1. The molecule has 3 heteroatoms. The number of nitrogens with zero attached hydrogens (tertiary/aromatic N) is 2. The summed E-state index contributed by atoms with van der Waals surface area (Å²) >= 11 is 0. The minimum atomic E-state index is 0.462. The van der Waals surface area contributed by atoms with Crippen LogP contribution in [0.15, 0.2) is 24.2 Å². The van der Waals surface area contributed by atoms with Crippen LogP contribution in [0.25, 0.3) is 0 Å². The molecule has 2 N–H and O–H groups in total. The lowest BCUT2D eigenvalue weighted by atomic mass is 10.2. The molecule has 74 valence electrons. The van der Waals surface area contributed by atoms with Gasteiger partial charge in [0.25, 0.3) is 0 Å². The van der Waals surface area contributed by atoms with Gasteiger partial charge in [-0.1, -0.05) is 6.58 Å². The third-order valence-electron chi connectivity index (χ3n) is 2.48. The van der Waals surface area contributed by atoms with Crippen LogP contribution >= 0.6 is 0 Å². The second-order valence-corrected chi connectivity index (χ2v) is 3.68. The molecule has 0 fully saturated rings. The Morgan fingerprint density at radius 2 is 2.08 bits per heavy atom. The average molecular weight is 181 g/mol. The van der Waals surface area contributed by atoms with Gasteiger partial charge in [-0.3, -0.25) is 0 Å². The van der Waals surface area contributed by atoms with Crippen molar-refractivity contribution in [1.29, 1.82) is 0 Å². The molecule has 0 aromatic rings. The summed E-state index contributed by atoms with van der Waals surface area (Å²) in [4.78, 5) is 4.35. The molecule has 1 aliphatic rings. The van der Waals surface area contributed by atoms with Crippen molar-refractivity contribution in [1.82, 2.24) is 9.80 Å². The topological polar surface area (TPSA) is 32.5 Å². The van der Waals surface area contributed by atoms with Crippen molar-refractivity contribution in [2.45, 2.75) is 19.9 Å². The molecule has 0 aromatic heterocycles. The summed E-state index contributed by atoms with van der Waals surface area (Å²) in [6, 6.07) is 0.462. The highest BCUT2D eigenvalue weighted by atomic mass is 15.3. The van der Waals surface area contributed by atoms with E-state index >= 15 is 0 Å². The molecular weight excluding hydrogens is 162 g/mol. The zero-order valence-corrected chi connectivity index (χ0v) is 8.75. The molecule has 0 aliphatic carbocycles. The van der Waals surface area contributed by atoms with Gasteiger partial charge in [-0.15, -0.1) is 0 Å². The fraction of sp³-hybridized carbons (Fsp3) is 0.600. The summed E-state index contributed by atoms with van der Waals surface area (Å²) in [6.45, 7) is 10.1. The zero-order valence-electron chi connectivity index (χ0n) is 8.75. The fourth-order valence-corrected chi connectivity index (χ4v) is 1.64. The number of hydrogen-bond donors (Lipinski definition) is 1. The van der Waals surface area contributed by atoms with E-state index in [0.717, 1.165) is 24.6 Å². The van der Waals surface area contributed by atoms with Crippen LogP contribution in [0.5, 0.6) is 0 Å². The van der Waals surface area contributed by atoms with Crippen LogP contribution in [0.3, 0.4) is 0 Å². The first-order valence-corrected chi connectivity index (χ1v) is 4.68. The van der Waals surface area contributed by atoms with Crippen molar-refractivity contribution in [3.05, 3.63) is 24.2 Å². The third-order valence-corrected chi connectivity index (χ3v) is 2.48. The van der Waals surface area contributed by atoms with Crippen LogP contribution in [-0.2, 0) is 0 Å². The van der Waals surface area contributed by atoms with Crippen LogP contribution in [0.1, 0.15) is 13.8 Å². The van der Waals surface area contributed by atoms with Crippen LogP contribution in [0.4, 0.5) is 0 Å². The van der Waals surface area contributed by atoms with E-state index in [0.29, 0.717) is 6.04 Å². The Bertz CT molecular complexity index is 230. The lowest BCUT2D eigenvalue weighted by molar-refractivity contribution is 0.212. The normalized spacial score (nSPS) is 18.5. The maximum absolute atomic E-state index is 6.02. The molecule has 0 atom stereocenters. The van der Waals surface area contributed by atoms with Crippen LogP contribution < -0.4 is 5.73 Å². The summed E-state index contributed by atoms with van der Waals surface area (Å²) in [5.74, 6) is 0.846. The van der Waals surface area contributed by atoms with Gasteiger partial charge in [0.15, 0.2) is 0 Å². The molecule has 0 saturated carbocycles. The Morgan fingerprint density at radius 3 is 2.54 bits per heavy atom. The Labute approximate surface area is 80.5 Å². The number of hydrogen-bond acceptors (Lipinski definition) is 3. The van der Waals surface area contributed by atoms with Gasteiger partial charge in [0, 0.05) is 26.2 Å². The first kappa shape index (κ1) is 9.96. The molecule has 0 saturated heterocycles. The molecule has 0 unspecified atom stereocenters. The van der Waals surface area contributed by atoms with E-state index in [1.807, 2.05) is 13.1 Å². The third kappa shape index (κ3) is 1.79. The summed E-state index contributed by atoms with van der Waals surface area (Å²) < 4.78 is 0. The average Bonchev–Trinajstić information content (AvgIpc) is 2.04. The van der Waals surface area contributed by atoms with E-state index in [4.69, 9.17) is 5.73 Å². The lowest BCUT2D eigenvalue weighted by Gasteiger charge is -2.38. The van der Waals surface area contributed by atoms with E-state index in [1.54, 1.807) is 0 Å². The van der Waals surface area contributed by atoms with Crippen molar-refractivity contribution in [3.8, 4) is 0 Å². The molecule has 1 heterocycles. The van der Waals surface area contributed by atoms with E-state index in [2.05, 4.69) is 30.2 Å². The van der Waals surface area contributed by atoms with Gasteiger partial charge < -0.3 is 15.5 Å². The Kier molecular flexibility index (Phi) is 2.86. The summed E-state index contributed by atoms with van der Waals surface area (Å²) in [6.07, 6.45) is 1.82. The summed E-state index contributed by atoms with van der Waals surface area (Å²) in [7, 11) is 2.04. The molecule has 13 heavy (non-hydrogen) atoms. The Morgan fingerprint density at radius 1 is 1.46 bits per heavy atom. The summed E-state index contributed by atoms with van der Waals surface area (Å²) in [5, 5.41) is 0. The molecule has 3 nitrogen and oxygen atoms in total. The maximum Gasteiger partial charge on any atom is 0.123 e. The molecular formula is C10H19N3. The summed E-state index contributed by atoms with van der Waals surface area (Å²) in [5.41, 5.74) is 7.06. The highest BCUT2D eigenvalue weighted by molar-refractivity contribution is 5.22. The minimum Gasteiger partial charge on any atom is -0.384 e. The predicted molar refractivity (Wildman–Crippen MR) is 55.9 cm³/mol. The second kappa shape index (κ2) is 3.73. The second-order valence-electron chi connectivity index (χ2n) is 3.68. The number of allylic oxidation sites excluding steroid dienone is 1. The molecule has 0 aromatic carbocycles. The minimum absolute atomic E-state index is 0.462. The van der Waals surface area contributed by atoms with Crippen molar-refractivity contribution in [2.75, 3.05) is 20.1 Å². The standard InChI is InChI=1S/C10H19N3/c1-5-9-10(11)13(8(2)3)7-6-12(9)4/h5,8H,1,6-7,11H2,2-4H3. The van der Waals surface area contributed by atoms with Crippen molar-refractivity contribution in [3.63, 3.8) is 0 Å². The van der Waals surface area contributed by atoms with E-state index < -0.39 is 0 Å². The van der Waals surface area contributed by atoms with Crippen LogP contribution in [0, 0.1) is 0 Å². The highest BCUT2D eigenvalue weighted by Crippen LogP contribution is 2.17. The van der Waals surface area contributed by atoms with Gasteiger partial charge in [-0.05, 0) is 19.9 Å². The monoisotopic (exact) mass is 181 g/mol. The van der Waals surface area contributed by atoms with Crippen molar-refractivity contribution >= 4 is 0 Å². The predicted octanol–water partition coefficient (Wildman–Crippen LogP) is 0.956. The van der Waals surface area contributed by atoms with E-state index in [9.17, 15) is 0 Å². The lowest BCUT2D eigenvalue weighted by Crippen LogP contribution is -2.45. The molecule has 0 amide bonds. The van der Waals surface area contributed by atoms with Gasteiger partial charge in [0.05, 0.1) is 5.70 Å². The molecule has 0 spiro atoms. The fourth-order valence-electron chi connectivity index (χ4n) is 1.64.